The van der Waals surface area contributed by atoms with Crippen LogP contribution < -0.4 is 10.1 Å². The lowest BCUT2D eigenvalue weighted by Crippen LogP contribution is -2.26. The highest BCUT2D eigenvalue weighted by Gasteiger charge is 2.23. The van der Waals surface area contributed by atoms with Crippen LogP contribution in [-0.2, 0) is 0 Å². The van der Waals surface area contributed by atoms with E-state index in [1.165, 1.54) is 36.8 Å². The van der Waals surface area contributed by atoms with Gasteiger partial charge in [-0.25, -0.2) is 0 Å². The molecular weight excluding hydrogens is 234 g/mol. The Bertz CT molecular complexity index is 370. The molecule has 108 valence electrons. The molecule has 1 N–H and O–H groups in total. The van der Waals surface area contributed by atoms with E-state index in [4.69, 9.17) is 4.74 Å². The fourth-order valence-electron chi connectivity index (χ4n) is 2.96. The summed E-state index contributed by atoms with van der Waals surface area (Å²) < 4.78 is 5.55. The van der Waals surface area contributed by atoms with Crippen molar-refractivity contribution in [3.63, 3.8) is 0 Å². The van der Waals surface area contributed by atoms with Gasteiger partial charge in [0.1, 0.15) is 5.75 Å². The average Bonchev–Trinajstić information content (AvgIpc) is 2.40. The van der Waals surface area contributed by atoms with Gasteiger partial charge in [0, 0.05) is 11.6 Å². The molecule has 0 amide bonds. The van der Waals surface area contributed by atoms with Crippen LogP contribution in [0.2, 0.25) is 0 Å². The third kappa shape index (κ3) is 4.24. The fraction of sp³-hybridized carbons (Fsp3) is 0.647. The molecule has 0 spiro atoms. The van der Waals surface area contributed by atoms with Crippen molar-refractivity contribution in [2.75, 3.05) is 14.2 Å². The van der Waals surface area contributed by atoms with Gasteiger partial charge < -0.3 is 10.1 Å². The summed E-state index contributed by atoms with van der Waals surface area (Å²) in [7, 11) is 3.82. The van der Waals surface area contributed by atoms with E-state index < -0.39 is 0 Å². The Labute approximate surface area is 118 Å². The molecule has 0 fully saturated rings. The van der Waals surface area contributed by atoms with Crippen molar-refractivity contribution in [3.05, 3.63) is 29.3 Å². The molecule has 0 bridgehead atoms. The van der Waals surface area contributed by atoms with Gasteiger partial charge >= 0.3 is 0 Å². The molecule has 0 saturated heterocycles. The summed E-state index contributed by atoms with van der Waals surface area (Å²) in [6.07, 6.45) is 4.99. The Morgan fingerprint density at radius 2 is 1.79 bits per heavy atom. The van der Waals surface area contributed by atoms with Crippen LogP contribution in [-0.4, -0.2) is 14.2 Å². The van der Waals surface area contributed by atoms with Gasteiger partial charge in [0.25, 0.3) is 0 Å². The van der Waals surface area contributed by atoms with E-state index in [2.05, 4.69) is 51.3 Å². The topological polar surface area (TPSA) is 21.3 Å². The van der Waals surface area contributed by atoms with Gasteiger partial charge in [0.15, 0.2) is 0 Å². The lowest BCUT2D eigenvalue weighted by molar-refractivity contribution is 0.318. The summed E-state index contributed by atoms with van der Waals surface area (Å²) in [6, 6.07) is 6.85. The van der Waals surface area contributed by atoms with E-state index in [1.807, 2.05) is 0 Å². The molecule has 1 aromatic rings. The van der Waals surface area contributed by atoms with E-state index in [1.54, 1.807) is 7.11 Å². The molecule has 0 aliphatic heterocycles. The van der Waals surface area contributed by atoms with Crippen LogP contribution >= 0.6 is 0 Å². The molecule has 0 radical (unpaired) electrons. The summed E-state index contributed by atoms with van der Waals surface area (Å²) in [4.78, 5) is 0. The van der Waals surface area contributed by atoms with Crippen LogP contribution in [0.4, 0.5) is 0 Å². The molecule has 0 saturated carbocycles. The Morgan fingerprint density at radius 3 is 2.26 bits per heavy atom. The molecule has 1 aromatic carbocycles. The van der Waals surface area contributed by atoms with Gasteiger partial charge in [0.05, 0.1) is 7.11 Å². The maximum absolute atomic E-state index is 5.55. The minimum absolute atomic E-state index is 0.384. The van der Waals surface area contributed by atoms with Crippen molar-refractivity contribution in [2.45, 2.75) is 52.5 Å². The number of hydrogen-bond donors (Lipinski definition) is 1. The second kappa shape index (κ2) is 8.21. The van der Waals surface area contributed by atoms with Crippen molar-refractivity contribution in [2.24, 2.45) is 5.92 Å². The predicted octanol–water partition coefficient (Wildman–Crippen LogP) is 4.48. The second-order valence-electron chi connectivity index (χ2n) is 5.35. The minimum Gasteiger partial charge on any atom is -0.496 e. The van der Waals surface area contributed by atoms with Crippen LogP contribution in [0.25, 0.3) is 0 Å². The Hall–Kier alpha value is -1.02. The van der Waals surface area contributed by atoms with Crippen LogP contribution in [0.15, 0.2) is 18.2 Å². The Morgan fingerprint density at radius 1 is 1.16 bits per heavy atom. The predicted molar refractivity (Wildman–Crippen MR) is 82.8 cm³/mol. The van der Waals surface area contributed by atoms with Crippen molar-refractivity contribution in [3.8, 4) is 5.75 Å². The molecule has 0 aliphatic rings. The van der Waals surface area contributed by atoms with Crippen LogP contribution in [0.1, 0.15) is 56.7 Å². The summed E-state index contributed by atoms with van der Waals surface area (Å²) in [5, 5.41) is 3.51. The third-order valence-corrected chi connectivity index (χ3v) is 3.82. The van der Waals surface area contributed by atoms with Gasteiger partial charge in [-0.1, -0.05) is 44.4 Å². The molecular formula is C17H29NO. The molecule has 1 unspecified atom stereocenters. The zero-order valence-corrected chi connectivity index (χ0v) is 13.1. The highest BCUT2D eigenvalue weighted by atomic mass is 16.5. The van der Waals surface area contributed by atoms with Crippen molar-refractivity contribution in [1.82, 2.24) is 5.32 Å². The smallest absolute Gasteiger partial charge is 0.123 e. The first-order valence-corrected chi connectivity index (χ1v) is 7.49. The maximum Gasteiger partial charge on any atom is 0.123 e. The minimum atomic E-state index is 0.384. The molecule has 1 atom stereocenters. The van der Waals surface area contributed by atoms with E-state index in [0.29, 0.717) is 12.0 Å². The van der Waals surface area contributed by atoms with E-state index in [0.717, 1.165) is 5.75 Å². The highest BCUT2D eigenvalue weighted by molar-refractivity contribution is 5.39. The standard InChI is InChI=1S/C17H29NO/c1-6-8-14(9-7-2)17(18-4)15-12-13(3)10-11-16(15)19-5/h10-12,14,17-18H,6-9H2,1-5H3. The zero-order chi connectivity index (χ0) is 14.3. The van der Waals surface area contributed by atoms with Gasteiger partial charge in [-0.15, -0.1) is 0 Å². The van der Waals surface area contributed by atoms with Crippen LogP contribution in [0.5, 0.6) is 5.75 Å². The van der Waals surface area contributed by atoms with Gasteiger partial charge in [-0.2, -0.15) is 0 Å². The second-order valence-corrected chi connectivity index (χ2v) is 5.35. The number of aryl methyl sites for hydroxylation is 1. The SMILES string of the molecule is CCCC(CCC)C(NC)c1cc(C)ccc1OC. The lowest BCUT2D eigenvalue weighted by atomic mass is 9.85. The van der Waals surface area contributed by atoms with E-state index >= 15 is 0 Å². The van der Waals surface area contributed by atoms with Crippen LogP contribution in [0.3, 0.4) is 0 Å². The number of benzene rings is 1. The number of methoxy groups -OCH3 is 1. The molecule has 1 rings (SSSR count). The average molecular weight is 263 g/mol. The first-order chi connectivity index (χ1) is 9.17. The molecule has 0 aromatic heterocycles. The van der Waals surface area contributed by atoms with Gasteiger partial charge in [0.2, 0.25) is 0 Å². The quantitative estimate of drug-likeness (QED) is 0.746. The van der Waals surface area contributed by atoms with Crippen molar-refractivity contribution in [1.29, 1.82) is 0 Å². The fourth-order valence-corrected chi connectivity index (χ4v) is 2.96. The number of ether oxygens (including phenoxy) is 1. The first-order valence-electron chi connectivity index (χ1n) is 7.49. The molecule has 0 aliphatic carbocycles. The monoisotopic (exact) mass is 263 g/mol. The van der Waals surface area contributed by atoms with E-state index in [9.17, 15) is 0 Å². The Balaban J connectivity index is 3.08. The molecule has 2 heteroatoms. The molecule has 0 heterocycles. The summed E-state index contributed by atoms with van der Waals surface area (Å²) in [5.41, 5.74) is 2.60. The number of nitrogens with one attached hydrogen (secondary N) is 1. The lowest BCUT2D eigenvalue weighted by Gasteiger charge is -2.28. The van der Waals surface area contributed by atoms with Crippen molar-refractivity contribution >= 4 is 0 Å². The summed E-state index contributed by atoms with van der Waals surface area (Å²) in [6.45, 7) is 6.68. The molecule has 2 nitrogen and oxygen atoms in total. The maximum atomic E-state index is 5.55. The first kappa shape index (κ1) is 16.0. The summed E-state index contributed by atoms with van der Waals surface area (Å²) in [5.74, 6) is 1.68. The zero-order valence-electron chi connectivity index (χ0n) is 13.1. The van der Waals surface area contributed by atoms with Crippen LogP contribution in [0, 0.1) is 12.8 Å². The largest absolute Gasteiger partial charge is 0.496 e. The number of hydrogen-bond acceptors (Lipinski definition) is 2. The highest BCUT2D eigenvalue weighted by Crippen LogP contribution is 2.35. The molecule has 19 heavy (non-hydrogen) atoms. The van der Waals surface area contributed by atoms with Crippen molar-refractivity contribution < 1.29 is 4.74 Å². The third-order valence-electron chi connectivity index (χ3n) is 3.82. The number of rotatable bonds is 8. The van der Waals surface area contributed by atoms with Gasteiger partial charge in [-0.05, 0) is 38.8 Å². The van der Waals surface area contributed by atoms with E-state index in [-0.39, 0.29) is 0 Å². The van der Waals surface area contributed by atoms with Gasteiger partial charge in [-0.3, -0.25) is 0 Å². The normalized spacial score (nSPS) is 12.7. The Kier molecular flexibility index (Phi) is 6.93. The summed E-state index contributed by atoms with van der Waals surface area (Å²) >= 11 is 0.